The van der Waals surface area contributed by atoms with Crippen LogP contribution in [-0.2, 0) is 4.79 Å². The van der Waals surface area contributed by atoms with Gasteiger partial charge in [0.1, 0.15) is 11.4 Å². The molecule has 0 saturated carbocycles. The highest BCUT2D eigenvalue weighted by atomic mass is 32.1. The Morgan fingerprint density at radius 3 is 2.64 bits per heavy atom. The third-order valence-corrected chi connectivity index (χ3v) is 4.16. The number of nitrogens with zero attached hydrogens (tertiary/aromatic N) is 1. The minimum absolute atomic E-state index is 0.216. The SMILES string of the molecule is COc1cc(N2CCCCC2)ccc1/C=C1/NC(=S)NC1=O. The van der Waals surface area contributed by atoms with Crippen molar-refractivity contribution in [2.75, 3.05) is 25.1 Å². The first-order valence-corrected chi connectivity index (χ1v) is 7.85. The van der Waals surface area contributed by atoms with Crippen molar-refractivity contribution >= 4 is 35.0 Å². The third-order valence-electron chi connectivity index (χ3n) is 3.96. The molecule has 6 heteroatoms. The average molecular weight is 317 g/mol. The van der Waals surface area contributed by atoms with Gasteiger partial charge in [0, 0.05) is 30.4 Å². The van der Waals surface area contributed by atoms with Crippen LogP contribution in [0.2, 0.25) is 0 Å². The van der Waals surface area contributed by atoms with Crippen LogP contribution in [0.25, 0.3) is 6.08 Å². The molecule has 3 rings (SSSR count). The lowest BCUT2D eigenvalue weighted by Gasteiger charge is -2.29. The van der Waals surface area contributed by atoms with E-state index in [0.29, 0.717) is 10.8 Å². The van der Waals surface area contributed by atoms with Gasteiger partial charge in [-0.15, -0.1) is 0 Å². The lowest BCUT2D eigenvalue weighted by molar-refractivity contribution is -0.115. The smallest absolute Gasteiger partial charge is 0.273 e. The van der Waals surface area contributed by atoms with Crippen molar-refractivity contribution in [3.05, 3.63) is 29.5 Å². The van der Waals surface area contributed by atoms with E-state index in [1.165, 1.54) is 19.3 Å². The number of piperidine rings is 1. The second kappa shape index (κ2) is 6.36. The van der Waals surface area contributed by atoms with Gasteiger partial charge in [-0.1, -0.05) is 0 Å². The van der Waals surface area contributed by atoms with Crippen LogP contribution in [0.4, 0.5) is 5.69 Å². The lowest BCUT2D eigenvalue weighted by Crippen LogP contribution is -2.29. The molecule has 1 aromatic carbocycles. The highest BCUT2D eigenvalue weighted by Gasteiger charge is 2.21. The fraction of sp³-hybridized carbons (Fsp3) is 0.375. The van der Waals surface area contributed by atoms with Gasteiger partial charge in [-0.2, -0.15) is 0 Å². The second-order valence-corrected chi connectivity index (χ2v) is 5.85. The van der Waals surface area contributed by atoms with Gasteiger partial charge >= 0.3 is 0 Å². The van der Waals surface area contributed by atoms with E-state index in [1.54, 1.807) is 13.2 Å². The Bertz CT molecular complexity index is 636. The largest absolute Gasteiger partial charge is 0.496 e. The predicted octanol–water partition coefficient (Wildman–Crippen LogP) is 2.03. The number of methoxy groups -OCH3 is 1. The Kier molecular flexibility index (Phi) is 4.29. The van der Waals surface area contributed by atoms with E-state index in [4.69, 9.17) is 17.0 Å². The average Bonchev–Trinajstić information content (AvgIpc) is 2.86. The predicted molar refractivity (Wildman–Crippen MR) is 90.9 cm³/mol. The van der Waals surface area contributed by atoms with Crippen LogP contribution in [0.3, 0.4) is 0 Å². The van der Waals surface area contributed by atoms with Crippen molar-refractivity contribution in [2.45, 2.75) is 19.3 Å². The first-order chi connectivity index (χ1) is 10.7. The normalized spacial score (nSPS) is 20.0. The first-order valence-electron chi connectivity index (χ1n) is 7.44. The van der Waals surface area contributed by atoms with Crippen LogP contribution in [0.5, 0.6) is 5.75 Å². The second-order valence-electron chi connectivity index (χ2n) is 5.44. The number of thiocarbonyl (C=S) groups is 1. The molecule has 2 aliphatic rings. The highest BCUT2D eigenvalue weighted by molar-refractivity contribution is 7.80. The van der Waals surface area contributed by atoms with Gasteiger partial charge in [0.2, 0.25) is 0 Å². The summed E-state index contributed by atoms with van der Waals surface area (Å²) in [4.78, 5) is 14.1. The molecule has 2 saturated heterocycles. The number of nitrogens with one attached hydrogen (secondary N) is 2. The van der Waals surface area contributed by atoms with E-state index in [0.717, 1.165) is 30.1 Å². The number of rotatable bonds is 3. The number of hydrogen-bond donors (Lipinski definition) is 2. The summed E-state index contributed by atoms with van der Waals surface area (Å²) in [6, 6.07) is 6.08. The topological polar surface area (TPSA) is 53.6 Å². The molecule has 5 nitrogen and oxygen atoms in total. The van der Waals surface area contributed by atoms with Crippen LogP contribution in [0, 0.1) is 0 Å². The van der Waals surface area contributed by atoms with E-state index < -0.39 is 0 Å². The van der Waals surface area contributed by atoms with Gasteiger partial charge < -0.3 is 15.0 Å². The minimum atomic E-state index is -0.216. The Balaban J connectivity index is 1.87. The summed E-state index contributed by atoms with van der Waals surface area (Å²) in [6.07, 6.45) is 5.53. The molecule has 0 radical (unpaired) electrons. The molecule has 1 amide bonds. The quantitative estimate of drug-likeness (QED) is 0.660. The molecule has 0 aromatic heterocycles. The molecule has 1 aromatic rings. The monoisotopic (exact) mass is 317 g/mol. The third kappa shape index (κ3) is 3.06. The summed E-state index contributed by atoms with van der Waals surface area (Å²) in [6.45, 7) is 2.17. The number of carbonyl (C=O) groups excluding carboxylic acids is 1. The molecule has 22 heavy (non-hydrogen) atoms. The summed E-state index contributed by atoms with van der Waals surface area (Å²) < 4.78 is 5.49. The molecule has 0 bridgehead atoms. The van der Waals surface area contributed by atoms with Crippen LogP contribution in [-0.4, -0.2) is 31.2 Å². The number of anilines is 1. The van der Waals surface area contributed by atoms with Crippen LogP contribution < -0.4 is 20.3 Å². The minimum Gasteiger partial charge on any atom is -0.496 e. The standard InChI is InChI=1S/C16H19N3O2S/c1-21-14-10-12(19-7-3-2-4-8-19)6-5-11(14)9-13-15(20)18-16(22)17-13/h5-6,9-10H,2-4,7-8H2,1H3,(H2,17,18,20,22)/b13-9+. The molecule has 2 fully saturated rings. The molecule has 0 spiro atoms. The van der Waals surface area contributed by atoms with Gasteiger partial charge in [0.25, 0.3) is 5.91 Å². The zero-order chi connectivity index (χ0) is 15.5. The summed E-state index contributed by atoms with van der Waals surface area (Å²) in [5, 5.41) is 5.73. The maximum Gasteiger partial charge on any atom is 0.273 e. The summed E-state index contributed by atoms with van der Waals surface area (Å²) >= 11 is 4.93. The maximum absolute atomic E-state index is 11.7. The number of amides is 1. The zero-order valence-electron chi connectivity index (χ0n) is 12.5. The van der Waals surface area contributed by atoms with Gasteiger partial charge in [0.05, 0.1) is 7.11 Å². The van der Waals surface area contributed by atoms with Gasteiger partial charge in [0.15, 0.2) is 5.11 Å². The van der Waals surface area contributed by atoms with E-state index >= 15 is 0 Å². The lowest BCUT2D eigenvalue weighted by atomic mass is 10.1. The van der Waals surface area contributed by atoms with Gasteiger partial charge in [-0.05, 0) is 49.7 Å². The fourth-order valence-corrected chi connectivity index (χ4v) is 3.01. The summed E-state index contributed by atoms with van der Waals surface area (Å²) in [7, 11) is 1.64. The molecule has 2 heterocycles. The van der Waals surface area contributed by atoms with E-state index in [2.05, 4.69) is 21.6 Å². The summed E-state index contributed by atoms with van der Waals surface area (Å²) in [5.74, 6) is 0.537. The first kappa shape index (κ1) is 14.8. The van der Waals surface area contributed by atoms with E-state index in [1.807, 2.05) is 12.1 Å². The van der Waals surface area contributed by atoms with Crippen LogP contribution in [0.1, 0.15) is 24.8 Å². The number of carbonyl (C=O) groups is 1. The summed E-state index contributed by atoms with van der Waals surface area (Å²) in [5.41, 5.74) is 2.46. The van der Waals surface area contributed by atoms with Crippen molar-refractivity contribution in [3.8, 4) is 5.75 Å². The molecular formula is C16H19N3O2S. The number of benzene rings is 1. The van der Waals surface area contributed by atoms with Crippen LogP contribution in [0.15, 0.2) is 23.9 Å². The van der Waals surface area contributed by atoms with Crippen molar-refractivity contribution < 1.29 is 9.53 Å². The van der Waals surface area contributed by atoms with Crippen LogP contribution >= 0.6 is 12.2 Å². The maximum atomic E-state index is 11.7. The molecule has 0 atom stereocenters. The van der Waals surface area contributed by atoms with Crippen molar-refractivity contribution in [1.82, 2.24) is 10.6 Å². The molecular weight excluding hydrogens is 298 g/mol. The molecule has 0 aliphatic carbocycles. The van der Waals surface area contributed by atoms with Crippen molar-refractivity contribution in [3.63, 3.8) is 0 Å². The van der Waals surface area contributed by atoms with Crippen molar-refractivity contribution in [1.29, 1.82) is 0 Å². The molecule has 0 unspecified atom stereocenters. The van der Waals surface area contributed by atoms with Gasteiger partial charge in [-0.3, -0.25) is 10.1 Å². The Labute approximate surface area is 135 Å². The number of hydrogen-bond acceptors (Lipinski definition) is 4. The molecule has 116 valence electrons. The number of ether oxygens (including phenoxy) is 1. The van der Waals surface area contributed by atoms with Gasteiger partial charge in [-0.25, -0.2) is 0 Å². The van der Waals surface area contributed by atoms with Crippen molar-refractivity contribution in [2.24, 2.45) is 0 Å². The van der Waals surface area contributed by atoms with E-state index in [-0.39, 0.29) is 5.91 Å². The molecule has 2 aliphatic heterocycles. The fourth-order valence-electron chi connectivity index (χ4n) is 2.81. The highest BCUT2D eigenvalue weighted by Crippen LogP contribution is 2.29. The Hall–Kier alpha value is -2.08. The zero-order valence-corrected chi connectivity index (χ0v) is 13.3. The Morgan fingerprint density at radius 2 is 2.00 bits per heavy atom. The van der Waals surface area contributed by atoms with E-state index in [9.17, 15) is 4.79 Å². The Morgan fingerprint density at radius 1 is 1.23 bits per heavy atom. The molecule has 2 N–H and O–H groups in total.